The van der Waals surface area contributed by atoms with E-state index < -0.39 is 17.6 Å². The minimum absolute atomic E-state index is 0.0489. The lowest BCUT2D eigenvalue weighted by molar-refractivity contribution is -0.138. The molecule has 0 aliphatic heterocycles. The Morgan fingerprint density at radius 3 is 2.48 bits per heavy atom. The Bertz CT molecular complexity index is 1540. The van der Waals surface area contributed by atoms with Crippen LogP contribution in [0.4, 0.5) is 18.9 Å². The Morgan fingerprint density at radius 1 is 1.05 bits per heavy atom. The van der Waals surface area contributed by atoms with Gasteiger partial charge in [-0.25, -0.2) is 4.68 Å². The van der Waals surface area contributed by atoms with Gasteiger partial charge in [-0.15, -0.1) is 5.10 Å². The topological polar surface area (TPSA) is 81.9 Å². The second-order valence-corrected chi connectivity index (χ2v) is 11.0. The minimum atomic E-state index is -4.54. The summed E-state index contributed by atoms with van der Waals surface area (Å²) in [5.41, 5.74) is 3.01. The SMILES string of the molecule is COc1cncc(-c2cn(-c3cc(C(=O)Nc4cc(CCC(C)(C)C)c(C)c(C(F)(F)F)c4)ccc3C)nn2)c1. The van der Waals surface area contributed by atoms with Crippen LogP contribution in [-0.2, 0) is 12.6 Å². The predicted molar refractivity (Wildman–Crippen MR) is 148 cm³/mol. The van der Waals surface area contributed by atoms with Crippen molar-refractivity contribution in [2.75, 3.05) is 12.4 Å². The summed E-state index contributed by atoms with van der Waals surface area (Å²) in [4.78, 5) is 17.4. The zero-order valence-corrected chi connectivity index (χ0v) is 23.3. The second-order valence-electron chi connectivity index (χ2n) is 11.0. The number of halogens is 3. The molecule has 0 radical (unpaired) electrons. The van der Waals surface area contributed by atoms with E-state index in [1.807, 2.05) is 27.7 Å². The van der Waals surface area contributed by atoms with E-state index in [2.05, 4.69) is 20.6 Å². The number of aromatic nitrogens is 4. The van der Waals surface area contributed by atoms with Gasteiger partial charge in [0.25, 0.3) is 5.91 Å². The largest absolute Gasteiger partial charge is 0.495 e. The number of nitrogens with one attached hydrogen (secondary N) is 1. The lowest BCUT2D eigenvalue weighted by Gasteiger charge is -2.21. The maximum Gasteiger partial charge on any atom is 0.416 e. The number of benzene rings is 2. The number of hydrogen-bond donors (Lipinski definition) is 1. The molecular weight excluding hydrogens is 519 g/mol. The Labute approximate surface area is 231 Å². The molecule has 0 spiro atoms. The number of pyridine rings is 1. The number of carbonyl (C=O) groups excluding carboxylic acids is 1. The molecule has 0 aliphatic rings. The first kappa shape index (κ1) is 28.8. The van der Waals surface area contributed by atoms with Gasteiger partial charge >= 0.3 is 6.18 Å². The van der Waals surface area contributed by atoms with Crippen molar-refractivity contribution >= 4 is 11.6 Å². The summed E-state index contributed by atoms with van der Waals surface area (Å²) >= 11 is 0. The van der Waals surface area contributed by atoms with E-state index in [0.717, 1.165) is 11.6 Å². The van der Waals surface area contributed by atoms with Crippen LogP contribution in [0, 0.1) is 19.3 Å². The Balaban J connectivity index is 1.63. The molecule has 0 bridgehead atoms. The van der Waals surface area contributed by atoms with Crippen LogP contribution in [0.2, 0.25) is 0 Å². The van der Waals surface area contributed by atoms with Gasteiger partial charge in [0.05, 0.1) is 30.8 Å². The lowest BCUT2D eigenvalue weighted by atomic mass is 9.86. The zero-order chi connectivity index (χ0) is 29.2. The van der Waals surface area contributed by atoms with Gasteiger partial charge in [0.1, 0.15) is 11.4 Å². The molecule has 4 rings (SSSR count). The average Bonchev–Trinajstić information content (AvgIpc) is 3.38. The third kappa shape index (κ3) is 6.67. The minimum Gasteiger partial charge on any atom is -0.495 e. The van der Waals surface area contributed by atoms with Gasteiger partial charge in [-0.1, -0.05) is 32.1 Å². The molecule has 40 heavy (non-hydrogen) atoms. The lowest BCUT2D eigenvalue weighted by Crippen LogP contribution is -2.16. The normalized spacial score (nSPS) is 11.9. The van der Waals surface area contributed by atoms with Gasteiger partial charge in [0, 0.05) is 23.0 Å². The third-order valence-corrected chi connectivity index (χ3v) is 6.68. The summed E-state index contributed by atoms with van der Waals surface area (Å²) in [5, 5.41) is 11.1. The fourth-order valence-electron chi connectivity index (χ4n) is 4.30. The van der Waals surface area contributed by atoms with Crippen LogP contribution in [0.1, 0.15) is 59.8 Å². The number of methoxy groups -OCH3 is 1. The van der Waals surface area contributed by atoms with Crippen molar-refractivity contribution in [2.24, 2.45) is 5.41 Å². The van der Waals surface area contributed by atoms with Gasteiger partial charge in [0.2, 0.25) is 0 Å². The van der Waals surface area contributed by atoms with Crippen molar-refractivity contribution in [3.05, 3.63) is 82.8 Å². The number of anilines is 1. The zero-order valence-electron chi connectivity index (χ0n) is 23.3. The highest BCUT2D eigenvalue weighted by atomic mass is 19.4. The molecule has 0 unspecified atom stereocenters. The first-order valence-corrected chi connectivity index (χ1v) is 12.8. The van der Waals surface area contributed by atoms with Crippen molar-refractivity contribution in [1.29, 1.82) is 0 Å². The van der Waals surface area contributed by atoms with Crippen LogP contribution >= 0.6 is 0 Å². The molecule has 10 heteroatoms. The van der Waals surface area contributed by atoms with Crippen molar-refractivity contribution in [1.82, 2.24) is 20.0 Å². The first-order valence-electron chi connectivity index (χ1n) is 12.8. The molecule has 0 aliphatic carbocycles. The number of amides is 1. The summed E-state index contributed by atoms with van der Waals surface area (Å²) in [6.07, 6.45) is 1.56. The number of nitrogens with zero attached hydrogens (tertiary/aromatic N) is 4. The van der Waals surface area contributed by atoms with Gasteiger partial charge in [0.15, 0.2) is 0 Å². The Kier molecular flexibility index (Phi) is 8.00. The predicted octanol–water partition coefficient (Wildman–Crippen LogP) is 7.20. The highest BCUT2D eigenvalue weighted by Crippen LogP contribution is 2.36. The number of alkyl halides is 3. The quantitative estimate of drug-likeness (QED) is 0.263. The van der Waals surface area contributed by atoms with Gasteiger partial charge in [-0.2, -0.15) is 13.2 Å². The van der Waals surface area contributed by atoms with Crippen LogP contribution in [0.5, 0.6) is 5.75 Å². The number of carbonyl (C=O) groups is 1. The number of hydrogen-bond acceptors (Lipinski definition) is 5. The molecule has 2 heterocycles. The molecule has 0 saturated heterocycles. The fourth-order valence-corrected chi connectivity index (χ4v) is 4.30. The van der Waals surface area contributed by atoms with Crippen molar-refractivity contribution in [2.45, 2.75) is 53.6 Å². The van der Waals surface area contributed by atoms with Crippen LogP contribution < -0.4 is 10.1 Å². The first-order chi connectivity index (χ1) is 18.7. The fraction of sp³-hybridized carbons (Fsp3) is 0.333. The molecule has 1 amide bonds. The van der Waals surface area contributed by atoms with Crippen molar-refractivity contribution in [3.8, 4) is 22.7 Å². The van der Waals surface area contributed by atoms with E-state index in [1.54, 1.807) is 60.7 Å². The second kappa shape index (κ2) is 11.1. The molecule has 4 aromatic rings. The van der Waals surface area contributed by atoms with Crippen LogP contribution in [0.15, 0.2) is 55.0 Å². The Morgan fingerprint density at radius 2 is 1.80 bits per heavy atom. The Hall–Kier alpha value is -4.21. The van der Waals surface area contributed by atoms with E-state index in [0.29, 0.717) is 41.1 Å². The monoisotopic (exact) mass is 551 g/mol. The highest BCUT2D eigenvalue weighted by Gasteiger charge is 2.34. The number of aryl methyl sites for hydroxylation is 2. The van der Waals surface area contributed by atoms with Crippen LogP contribution in [-0.4, -0.2) is 33.0 Å². The average molecular weight is 552 g/mol. The summed E-state index contributed by atoms with van der Waals surface area (Å²) in [5.74, 6) is 0.0468. The van der Waals surface area contributed by atoms with Crippen LogP contribution in [0.3, 0.4) is 0 Å². The van der Waals surface area contributed by atoms with E-state index in [-0.39, 0.29) is 22.2 Å². The van der Waals surface area contributed by atoms with Crippen LogP contribution in [0.25, 0.3) is 16.9 Å². The molecule has 0 saturated carbocycles. The maximum atomic E-state index is 13.9. The van der Waals surface area contributed by atoms with Crippen molar-refractivity contribution < 1.29 is 22.7 Å². The number of ether oxygens (including phenoxy) is 1. The molecule has 7 nitrogen and oxygen atoms in total. The van der Waals surface area contributed by atoms with Gasteiger partial charge in [-0.05, 0) is 79.1 Å². The smallest absolute Gasteiger partial charge is 0.416 e. The van der Waals surface area contributed by atoms with Crippen molar-refractivity contribution in [3.63, 3.8) is 0 Å². The molecule has 210 valence electrons. The summed E-state index contributed by atoms with van der Waals surface area (Å²) in [6.45, 7) is 9.47. The molecule has 2 aromatic heterocycles. The highest BCUT2D eigenvalue weighted by molar-refractivity contribution is 6.04. The third-order valence-electron chi connectivity index (χ3n) is 6.68. The summed E-state index contributed by atoms with van der Waals surface area (Å²) in [7, 11) is 1.55. The molecule has 0 atom stereocenters. The van der Waals surface area contributed by atoms with E-state index >= 15 is 0 Å². The maximum absolute atomic E-state index is 13.9. The molecule has 0 fully saturated rings. The number of rotatable bonds is 7. The molecule has 2 aromatic carbocycles. The van der Waals surface area contributed by atoms with Gasteiger partial charge in [-0.3, -0.25) is 9.78 Å². The summed E-state index contributed by atoms with van der Waals surface area (Å²) in [6, 6.07) is 9.42. The molecular formula is C30H32F3N5O2. The van der Waals surface area contributed by atoms with E-state index in [9.17, 15) is 18.0 Å². The van der Waals surface area contributed by atoms with E-state index in [1.165, 1.54) is 6.92 Å². The van der Waals surface area contributed by atoms with E-state index in [4.69, 9.17) is 4.74 Å². The summed E-state index contributed by atoms with van der Waals surface area (Å²) < 4.78 is 48.3. The standard InChI is InChI=1S/C30H32F3N5O2/c1-18-7-8-21(13-27(18)38-17-26(36-37-38)22-12-24(40-6)16-34-15-22)28(39)35-23-11-20(9-10-29(3,4)5)19(2)25(14-23)30(31,32)33/h7-8,11-17H,9-10H2,1-6H3,(H,35,39). The van der Waals surface area contributed by atoms with Gasteiger partial charge < -0.3 is 10.1 Å². The molecule has 1 N–H and O–H groups in total.